The van der Waals surface area contributed by atoms with Gasteiger partial charge in [-0.25, -0.2) is 0 Å². The minimum Gasteiger partial charge on any atom is -0.497 e. The number of ketones is 2. The Morgan fingerprint density at radius 3 is 2.40 bits per heavy atom. The fourth-order valence-electron chi connectivity index (χ4n) is 7.21. The number of nitrogens with one attached hydrogen (secondary N) is 1. The molecule has 1 N–H and O–H groups in total. The Morgan fingerprint density at radius 2 is 1.60 bits per heavy atom. The highest BCUT2D eigenvalue weighted by Crippen LogP contribution is 2.62. The number of benzene rings is 4. The molecule has 1 fully saturated rings. The molecule has 3 aliphatic heterocycles. The average molecular weight is 571 g/mol. The van der Waals surface area contributed by atoms with Crippen molar-refractivity contribution in [3.63, 3.8) is 0 Å². The van der Waals surface area contributed by atoms with Gasteiger partial charge in [-0.2, -0.15) is 0 Å². The smallest absolute Gasteiger partial charge is 0.238 e. The molecule has 4 aromatic rings. The van der Waals surface area contributed by atoms with E-state index in [1.807, 2.05) is 78.7 Å². The summed E-state index contributed by atoms with van der Waals surface area (Å²) in [6, 6.07) is 27.7. The predicted molar refractivity (Wildman–Crippen MR) is 163 cm³/mol. The molecular weight excluding hydrogens is 540 g/mol. The standard InChI is InChI=1S/C36H30N2O5/c1-3-43-29-15-9-6-12-26(29)33(40)30-31(32(39)23-16-18-24(42-2)19-17-23)38-21-20-22-10-4-5-11-25(22)34(38)36(30)27-13-7-8-14-28(27)37-35(36)41/h4-21,30-31,34H,3H2,1-2H3,(H,37,41)/t30-,31+,34-,36-/m1/s1. The second kappa shape index (κ2) is 10.3. The van der Waals surface area contributed by atoms with E-state index >= 15 is 4.79 Å². The molecule has 1 saturated heterocycles. The monoisotopic (exact) mass is 570 g/mol. The van der Waals surface area contributed by atoms with Crippen LogP contribution in [0.1, 0.15) is 50.4 Å². The lowest BCUT2D eigenvalue weighted by molar-refractivity contribution is -0.122. The number of fused-ring (bicyclic) bond motifs is 6. The Labute approximate surface area is 249 Å². The molecule has 3 heterocycles. The van der Waals surface area contributed by atoms with Crippen molar-refractivity contribution in [2.45, 2.75) is 24.4 Å². The molecular formula is C36H30N2O5. The minimum absolute atomic E-state index is 0.252. The summed E-state index contributed by atoms with van der Waals surface area (Å²) < 4.78 is 11.2. The molecule has 1 spiro atoms. The van der Waals surface area contributed by atoms with E-state index in [0.717, 1.165) is 11.1 Å². The van der Waals surface area contributed by atoms with Crippen molar-refractivity contribution in [1.29, 1.82) is 0 Å². The first-order chi connectivity index (χ1) is 21.0. The van der Waals surface area contributed by atoms with Crippen LogP contribution in [0.2, 0.25) is 0 Å². The number of para-hydroxylation sites is 2. The van der Waals surface area contributed by atoms with Crippen LogP contribution in [0.5, 0.6) is 11.5 Å². The van der Waals surface area contributed by atoms with Crippen LogP contribution in [0.15, 0.2) is 103 Å². The molecule has 3 aliphatic rings. The maximum Gasteiger partial charge on any atom is 0.238 e. The summed E-state index contributed by atoms with van der Waals surface area (Å²) in [7, 11) is 1.57. The van der Waals surface area contributed by atoms with Crippen LogP contribution in [0.3, 0.4) is 0 Å². The van der Waals surface area contributed by atoms with Gasteiger partial charge >= 0.3 is 0 Å². The number of hydrogen-bond acceptors (Lipinski definition) is 6. The Bertz CT molecular complexity index is 1800. The maximum atomic E-state index is 15.1. The highest BCUT2D eigenvalue weighted by atomic mass is 16.5. The molecule has 1 amide bonds. The second-order valence-corrected chi connectivity index (χ2v) is 11.0. The van der Waals surface area contributed by atoms with E-state index in [9.17, 15) is 9.59 Å². The number of Topliss-reactive ketones (excluding diaryl/α,β-unsaturated/α-hetero) is 2. The lowest BCUT2D eigenvalue weighted by Crippen LogP contribution is -2.49. The summed E-state index contributed by atoms with van der Waals surface area (Å²) in [6.07, 6.45) is 3.82. The summed E-state index contributed by atoms with van der Waals surface area (Å²) >= 11 is 0. The number of hydrogen-bond donors (Lipinski definition) is 1. The zero-order valence-electron chi connectivity index (χ0n) is 23.8. The van der Waals surface area contributed by atoms with Crippen molar-refractivity contribution in [3.8, 4) is 11.5 Å². The highest BCUT2D eigenvalue weighted by Gasteiger charge is 2.70. The van der Waals surface area contributed by atoms with E-state index in [0.29, 0.717) is 40.5 Å². The molecule has 7 rings (SSSR count). The number of nitrogens with zero attached hydrogens (tertiary/aromatic N) is 1. The van der Waals surface area contributed by atoms with Crippen molar-refractivity contribution < 1.29 is 23.9 Å². The van der Waals surface area contributed by atoms with Crippen LogP contribution in [-0.4, -0.2) is 42.1 Å². The van der Waals surface area contributed by atoms with E-state index in [-0.39, 0.29) is 17.5 Å². The van der Waals surface area contributed by atoms with Crippen LogP contribution in [-0.2, 0) is 10.2 Å². The number of carbonyl (C=O) groups is 3. The summed E-state index contributed by atoms with van der Waals surface area (Å²) in [5.74, 6) is -0.903. The predicted octanol–water partition coefficient (Wildman–Crippen LogP) is 6.08. The van der Waals surface area contributed by atoms with Gasteiger partial charge in [-0.1, -0.05) is 54.6 Å². The molecule has 0 radical (unpaired) electrons. The Kier molecular flexibility index (Phi) is 6.38. The van der Waals surface area contributed by atoms with Gasteiger partial charge in [-0.05, 0) is 72.2 Å². The van der Waals surface area contributed by atoms with Crippen LogP contribution in [0.4, 0.5) is 5.69 Å². The van der Waals surface area contributed by atoms with Crippen LogP contribution < -0.4 is 14.8 Å². The quantitative estimate of drug-likeness (QED) is 0.271. The SMILES string of the molecule is CCOc1ccccc1C(=O)[C@H]1[C@@H](C(=O)c2ccc(OC)cc2)N2C=Cc3ccccc3[C@@H]2[C@]12C(=O)Nc1ccccc12. The molecule has 0 unspecified atom stereocenters. The van der Waals surface area contributed by atoms with Gasteiger partial charge in [-0.15, -0.1) is 0 Å². The number of amides is 1. The first-order valence-corrected chi connectivity index (χ1v) is 14.4. The molecule has 4 aromatic carbocycles. The van der Waals surface area contributed by atoms with Gasteiger partial charge < -0.3 is 19.7 Å². The molecule has 0 aromatic heterocycles. The number of carbonyl (C=O) groups excluding carboxylic acids is 3. The number of ether oxygens (including phenoxy) is 2. The van der Waals surface area contributed by atoms with E-state index in [4.69, 9.17) is 9.47 Å². The van der Waals surface area contributed by atoms with Gasteiger partial charge in [0.05, 0.1) is 31.2 Å². The third-order valence-corrected chi connectivity index (χ3v) is 8.95. The Morgan fingerprint density at radius 1 is 0.884 bits per heavy atom. The van der Waals surface area contributed by atoms with E-state index in [1.54, 1.807) is 49.6 Å². The summed E-state index contributed by atoms with van der Waals surface area (Å²) in [4.78, 5) is 46.3. The molecule has 43 heavy (non-hydrogen) atoms. The van der Waals surface area contributed by atoms with Gasteiger partial charge in [0.25, 0.3) is 0 Å². The molecule has 0 saturated carbocycles. The summed E-state index contributed by atoms with van der Waals surface area (Å²) in [5.41, 5.74) is 2.55. The zero-order valence-corrected chi connectivity index (χ0v) is 23.8. The fourth-order valence-corrected chi connectivity index (χ4v) is 7.21. The lowest BCUT2D eigenvalue weighted by Gasteiger charge is -2.38. The van der Waals surface area contributed by atoms with Crippen molar-refractivity contribution in [3.05, 3.63) is 131 Å². The Hall–Kier alpha value is -5.17. The van der Waals surface area contributed by atoms with Gasteiger partial charge in [0, 0.05) is 17.5 Å². The van der Waals surface area contributed by atoms with E-state index in [1.165, 1.54) is 0 Å². The highest BCUT2D eigenvalue weighted by molar-refractivity contribution is 6.17. The largest absolute Gasteiger partial charge is 0.497 e. The first-order valence-electron chi connectivity index (χ1n) is 14.4. The molecule has 7 heteroatoms. The topological polar surface area (TPSA) is 84.9 Å². The van der Waals surface area contributed by atoms with Gasteiger partial charge in [0.2, 0.25) is 5.91 Å². The summed E-state index contributed by atoms with van der Waals surface area (Å²) in [6.45, 7) is 2.22. The van der Waals surface area contributed by atoms with Crippen LogP contribution >= 0.6 is 0 Å². The van der Waals surface area contributed by atoms with Crippen molar-refractivity contribution >= 4 is 29.2 Å². The van der Waals surface area contributed by atoms with Crippen LogP contribution in [0.25, 0.3) is 6.08 Å². The van der Waals surface area contributed by atoms with Crippen LogP contribution in [0, 0.1) is 5.92 Å². The molecule has 7 nitrogen and oxygen atoms in total. The van der Waals surface area contributed by atoms with E-state index in [2.05, 4.69) is 5.32 Å². The second-order valence-electron chi connectivity index (χ2n) is 11.0. The molecule has 4 atom stereocenters. The van der Waals surface area contributed by atoms with Gasteiger partial charge in [0.15, 0.2) is 11.6 Å². The third-order valence-electron chi connectivity index (χ3n) is 8.95. The molecule has 0 bridgehead atoms. The van der Waals surface area contributed by atoms with Gasteiger partial charge in [0.1, 0.15) is 23.0 Å². The van der Waals surface area contributed by atoms with E-state index < -0.39 is 23.4 Å². The zero-order chi connectivity index (χ0) is 29.7. The Balaban J connectivity index is 1.52. The number of anilines is 1. The number of methoxy groups -OCH3 is 1. The minimum atomic E-state index is -1.40. The molecule has 214 valence electrons. The first kappa shape index (κ1) is 26.7. The normalized spacial score (nSPS) is 22.9. The maximum absolute atomic E-state index is 15.1. The number of rotatable bonds is 7. The van der Waals surface area contributed by atoms with Crippen molar-refractivity contribution in [2.75, 3.05) is 19.0 Å². The lowest BCUT2D eigenvalue weighted by atomic mass is 9.62. The summed E-state index contributed by atoms with van der Waals surface area (Å²) in [5, 5.41) is 3.08. The van der Waals surface area contributed by atoms with Crippen molar-refractivity contribution in [1.82, 2.24) is 4.90 Å². The fraction of sp³-hybridized carbons (Fsp3) is 0.194. The van der Waals surface area contributed by atoms with Crippen molar-refractivity contribution in [2.24, 2.45) is 5.92 Å². The molecule has 0 aliphatic carbocycles. The van der Waals surface area contributed by atoms with Gasteiger partial charge in [-0.3, -0.25) is 14.4 Å². The third kappa shape index (κ3) is 3.84. The average Bonchev–Trinajstić information content (AvgIpc) is 3.53.